The highest BCUT2D eigenvalue weighted by Gasteiger charge is 2.42. The molecule has 0 saturated carbocycles. The highest BCUT2D eigenvalue weighted by molar-refractivity contribution is 9.11. The zero-order chi connectivity index (χ0) is 13.0. The number of hydrogen-bond donors (Lipinski definition) is 0. The summed E-state index contributed by atoms with van der Waals surface area (Å²) in [6, 6.07) is 13.9. The number of fused-ring (bicyclic) bond motifs is 3. The quantitative estimate of drug-likeness (QED) is 0.461. The van der Waals surface area contributed by atoms with Gasteiger partial charge in [-0.2, -0.15) is 0 Å². The molecular weight excluding hydrogens is 359 g/mol. The Labute approximate surface area is 127 Å². The van der Waals surface area contributed by atoms with E-state index < -0.39 is 7.14 Å². The lowest BCUT2D eigenvalue weighted by molar-refractivity contribution is 0.593. The van der Waals surface area contributed by atoms with E-state index in [4.69, 9.17) is 0 Å². The van der Waals surface area contributed by atoms with Crippen molar-refractivity contribution in [3.63, 3.8) is 0 Å². The van der Waals surface area contributed by atoms with Gasteiger partial charge in [0.05, 0.1) is 13.5 Å². The van der Waals surface area contributed by atoms with Crippen molar-refractivity contribution >= 4 is 61.7 Å². The third kappa shape index (κ3) is 1.55. The minimum Gasteiger partial charge on any atom is -0.309 e. The lowest BCUT2D eigenvalue weighted by Crippen LogP contribution is -2.19. The van der Waals surface area contributed by atoms with Crippen molar-refractivity contribution in [2.24, 2.45) is 0 Å². The summed E-state index contributed by atoms with van der Waals surface area (Å²) in [7, 11) is -2.64. The SMILES string of the molecule is O=P1(c2ccccc2)c2ccsc2-c2sc(Br)cc21. The second kappa shape index (κ2) is 4.16. The van der Waals surface area contributed by atoms with Crippen molar-refractivity contribution in [2.45, 2.75) is 0 Å². The Balaban J connectivity index is 2.11. The molecule has 0 N–H and O–H groups in total. The van der Waals surface area contributed by atoms with E-state index in [1.807, 2.05) is 47.8 Å². The summed E-state index contributed by atoms with van der Waals surface area (Å²) >= 11 is 6.88. The van der Waals surface area contributed by atoms with Gasteiger partial charge in [0, 0.05) is 15.9 Å². The average Bonchev–Trinajstić information content (AvgIpc) is 3.08. The van der Waals surface area contributed by atoms with Gasteiger partial charge in [-0.1, -0.05) is 30.3 Å². The molecule has 94 valence electrons. The van der Waals surface area contributed by atoms with Gasteiger partial charge in [0.1, 0.15) is 0 Å². The van der Waals surface area contributed by atoms with E-state index in [-0.39, 0.29) is 0 Å². The summed E-state index contributed by atoms with van der Waals surface area (Å²) in [5.41, 5.74) is 0. The first-order chi connectivity index (χ1) is 9.21. The van der Waals surface area contributed by atoms with Crippen LogP contribution in [0.3, 0.4) is 0 Å². The second-order valence-electron chi connectivity index (χ2n) is 4.34. The minimum atomic E-state index is -2.64. The Bertz CT molecular complexity index is 819. The molecule has 2 aromatic heterocycles. The molecule has 1 aromatic carbocycles. The fourth-order valence-corrected chi connectivity index (χ4v) is 9.36. The number of benzene rings is 1. The maximum absolute atomic E-state index is 13.7. The van der Waals surface area contributed by atoms with E-state index >= 15 is 0 Å². The zero-order valence-electron chi connectivity index (χ0n) is 9.67. The van der Waals surface area contributed by atoms with Crippen LogP contribution in [0.4, 0.5) is 0 Å². The Morgan fingerprint density at radius 3 is 2.58 bits per heavy atom. The summed E-state index contributed by atoms with van der Waals surface area (Å²) in [4.78, 5) is 2.35. The maximum Gasteiger partial charge on any atom is 0.174 e. The molecule has 1 atom stereocenters. The molecule has 3 heterocycles. The van der Waals surface area contributed by atoms with Gasteiger partial charge in [-0.15, -0.1) is 22.7 Å². The van der Waals surface area contributed by atoms with Crippen molar-refractivity contribution < 1.29 is 4.57 Å². The smallest absolute Gasteiger partial charge is 0.174 e. The van der Waals surface area contributed by atoms with Crippen LogP contribution < -0.4 is 15.9 Å². The molecule has 1 nitrogen and oxygen atoms in total. The van der Waals surface area contributed by atoms with Crippen LogP contribution in [0.15, 0.2) is 51.6 Å². The molecule has 1 aliphatic rings. The first kappa shape index (κ1) is 12.1. The monoisotopic (exact) mass is 366 g/mol. The molecule has 0 aliphatic carbocycles. The van der Waals surface area contributed by atoms with Crippen LogP contribution in [0.2, 0.25) is 0 Å². The van der Waals surface area contributed by atoms with Crippen LogP contribution in [-0.2, 0) is 4.57 Å². The molecular formula is C14H8BrOPS2. The number of halogens is 1. The Morgan fingerprint density at radius 1 is 1.00 bits per heavy atom. The minimum absolute atomic E-state index is 0.929. The van der Waals surface area contributed by atoms with Crippen molar-refractivity contribution in [3.05, 3.63) is 51.6 Å². The van der Waals surface area contributed by atoms with Crippen molar-refractivity contribution in [2.75, 3.05) is 0 Å². The Hall–Kier alpha value is -0.670. The molecule has 0 amide bonds. The normalized spacial score (nSPS) is 20.3. The van der Waals surface area contributed by atoms with Gasteiger partial charge in [0.15, 0.2) is 7.14 Å². The van der Waals surface area contributed by atoms with Crippen molar-refractivity contribution in [3.8, 4) is 9.75 Å². The Kier molecular flexibility index (Phi) is 2.65. The predicted molar refractivity (Wildman–Crippen MR) is 88.3 cm³/mol. The van der Waals surface area contributed by atoms with Gasteiger partial charge < -0.3 is 4.57 Å². The van der Waals surface area contributed by atoms with Gasteiger partial charge in [-0.25, -0.2) is 0 Å². The van der Waals surface area contributed by atoms with E-state index in [2.05, 4.69) is 15.9 Å². The van der Waals surface area contributed by atoms with E-state index in [0.717, 1.165) is 19.7 Å². The van der Waals surface area contributed by atoms with Crippen LogP contribution in [0.1, 0.15) is 0 Å². The third-order valence-corrected chi connectivity index (χ3v) is 9.46. The maximum atomic E-state index is 13.7. The molecule has 0 fully saturated rings. The van der Waals surface area contributed by atoms with Crippen LogP contribution in [0.25, 0.3) is 9.75 Å². The standard InChI is InChI=1S/C14H8BrOPS2/c15-12-8-11-14(19-12)13-10(6-7-18-13)17(11,16)9-4-2-1-3-5-9/h1-8H. The summed E-state index contributed by atoms with van der Waals surface area (Å²) in [5, 5.41) is 4.98. The van der Waals surface area contributed by atoms with E-state index in [1.54, 1.807) is 22.7 Å². The third-order valence-electron chi connectivity index (χ3n) is 3.33. The zero-order valence-corrected chi connectivity index (χ0v) is 13.8. The summed E-state index contributed by atoms with van der Waals surface area (Å²) in [6.45, 7) is 0. The Morgan fingerprint density at radius 2 is 1.79 bits per heavy atom. The molecule has 19 heavy (non-hydrogen) atoms. The summed E-state index contributed by atoms with van der Waals surface area (Å²) in [5.74, 6) is 0. The molecule has 0 radical (unpaired) electrons. The molecule has 1 unspecified atom stereocenters. The second-order valence-corrected chi connectivity index (χ2v) is 10.4. The van der Waals surface area contributed by atoms with Crippen molar-refractivity contribution in [1.29, 1.82) is 0 Å². The first-order valence-corrected chi connectivity index (χ1v) is 9.95. The molecule has 0 bridgehead atoms. The molecule has 3 aromatic rings. The first-order valence-electron chi connectivity index (χ1n) is 5.75. The number of thiophene rings is 2. The predicted octanol–water partition coefficient (Wildman–Crippen LogP) is 4.19. The molecule has 0 saturated heterocycles. The van der Waals surface area contributed by atoms with Gasteiger partial charge in [-0.3, -0.25) is 0 Å². The van der Waals surface area contributed by atoms with Crippen LogP contribution in [0, 0.1) is 0 Å². The van der Waals surface area contributed by atoms with Gasteiger partial charge in [-0.05, 0) is 33.4 Å². The summed E-state index contributed by atoms with van der Waals surface area (Å²) in [6.07, 6.45) is 0. The molecule has 0 spiro atoms. The fraction of sp³-hybridized carbons (Fsp3) is 0. The molecule has 1 aliphatic heterocycles. The van der Waals surface area contributed by atoms with Gasteiger partial charge in [0.2, 0.25) is 0 Å². The van der Waals surface area contributed by atoms with E-state index in [1.165, 1.54) is 9.75 Å². The highest BCUT2D eigenvalue weighted by atomic mass is 79.9. The lowest BCUT2D eigenvalue weighted by atomic mass is 10.4. The largest absolute Gasteiger partial charge is 0.309 e. The molecule has 4 rings (SSSR count). The summed E-state index contributed by atoms with van der Waals surface area (Å²) < 4.78 is 14.8. The van der Waals surface area contributed by atoms with Gasteiger partial charge >= 0.3 is 0 Å². The lowest BCUT2D eigenvalue weighted by Gasteiger charge is -2.13. The van der Waals surface area contributed by atoms with Crippen LogP contribution in [-0.4, -0.2) is 0 Å². The average molecular weight is 367 g/mol. The highest BCUT2D eigenvalue weighted by Crippen LogP contribution is 2.56. The van der Waals surface area contributed by atoms with E-state index in [0.29, 0.717) is 0 Å². The van der Waals surface area contributed by atoms with Crippen LogP contribution >= 0.6 is 45.7 Å². The fourth-order valence-electron chi connectivity index (χ4n) is 2.52. The van der Waals surface area contributed by atoms with Crippen LogP contribution in [0.5, 0.6) is 0 Å². The topological polar surface area (TPSA) is 17.1 Å². The molecule has 5 heteroatoms. The number of rotatable bonds is 1. The van der Waals surface area contributed by atoms with Gasteiger partial charge in [0.25, 0.3) is 0 Å². The van der Waals surface area contributed by atoms with E-state index in [9.17, 15) is 4.57 Å². The number of hydrogen-bond acceptors (Lipinski definition) is 3. The van der Waals surface area contributed by atoms with Crippen molar-refractivity contribution in [1.82, 2.24) is 0 Å².